The van der Waals surface area contributed by atoms with Gasteiger partial charge in [0.25, 0.3) is 0 Å². The van der Waals surface area contributed by atoms with E-state index in [4.69, 9.17) is 10.2 Å². The fourth-order valence-corrected chi connectivity index (χ4v) is 2.31. The van der Waals surface area contributed by atoms with Crippen molar-refractivity contribution in [1.29, 1.82) is 0 Å². The van der Waals surface area contributed by atoms with Crippen LogP contribution in [0.1, 0.15) is 6.42 Å². The maximum atomic E-state index is 11.0. The Hall–Kier alpha value is -0.593. The Morgan fingerprint density at radius 2 is 1.88 bits per heavy atom. The zero-order chi connectivity index (χ0) is 13.3. The molecule has 102 valence electrons. The van der Waals surface area contributed by atoms with Gasteiger partial charge in [-0.2, -0.15) is 0 Å². The van der Waals surface area contributed by atoms with Crippen LogP contribution < -0.4 is 5.32 Å². The summed E-state index contributed by atoms with van der Waals surface area (Å²) in [4.78, 5) is 12.5. The Morgan fingerprint density at radius 3 is 2.35 bits per heavy atom. The van der Waals surface area contributed by atoms with Crippen LogP contribution in [0.3, 0.4) is 0 Å². The first-order valence-electron chi connectivity index (χ1n) is 6.16. The molecule has 3 N–H and O–H groups in total. The first-order valence-corrected chi connectivity index (χ1v) is 9.87. The topological polar surface area (TPSA) is 72.8 Å². The highest BCUT2D eigenvalue weighted by molar-refractivity contribution is 6.76. The Labute approximate surface area is 105 Å². The second-order valence-electron chi connectivity index (χ2n) is 5.41. The summed E-state index contributed by atoms with van der Waals surface area (Å²) >= 11 is 0. The molecule has 0 radical (unpaired) electrons. The normalized spacial score (nSPS) is 11.5. The van der Waals surface area contributed by atoms with E-state index in [2.05, 4.69) is 25.0 Å². The molecular formula is C11H26N2O3Si. The molecule has 0 rings (SSSR count). The Kier molecular flexibility index (Phi) is 8.19. The van der Waals surface area contributed by atoms with Gasteiger partial charge >= 0.3 is 6.09 Å². The molecule has 0 aromatic rings. The number of nitrogens with one attached hydrogen (secondary N) is 1. The van der Waals surface area contributed by atoms with E-state index in [0.29, 0.717) is 19.6 Å². The fraction of sp³-hybridized carbons (Fsp3) is 0.909. The van der Waals surface area contributed by atoms with Crippen LogP contribution in [0.15, 0.2) is 0 Å². The molecule has 0 aliphatic heterocycles. The van der Waals surface area contributed by atoms with Crippen LogP contribution in [-0.2, 0) is 0 Å². The average Bonchev–Trinajstić information content (AvgIpc) is 2.20. The van der Waals surface area contributed by atoms with E-state index in [1.54, 1.807) is 0 Å². The molecule has 0 unspecified atom stereocenters. The van der Waals surface area contributed by atoms with Crippen molar-refractivity contribution in [1.82, 2.24) is 10.2 Å². The van der Waals surface area contributed by atoms with Crippen molar-refractivity contribution in [2.24, 2.45) is 0 Å². The summed E-state index contributed by atoms with van der Waals surface area (Å²) in [5.74, 6) is 0. The third kappa shape index (κ3) is 10.3. The lowest BCUT2D eigenvalue weighted by atomic mass is 10.4. The maximum Gasteiger partial charge on any atom is 0.407 e. The number of aliphatic hydroxyl groups is 1. The van der Waals surface area contributed by atoms with E-state index in [0.717, 1.165) is 19.0 Å². The van der Waals surface area contributed by atoms with Crippen LogP contribution in [0, 0.1) is 0 Å². The van der Waals surface area contributed by atoms with Gasteiger partial charge in [-0.1, -0.05) is 19.6 Å². The lowest BCUT2D eigenvalue weighted by Gasteiger charge is -2.23. The van der Waals surface area contributed by atoms with Crippen LogP contribution in [0.25, 0.3) is 0 Å². The van der Waals surface area contributed by atoms with Gasteiger partial charge in [-0.05, 0) is 19.0 Å². The molecule has 6 heteroatoms. The third-order valence-corrected chi connectivity index (χ3v) is 4.20. The molecule has 0 atom stereocenters. The number of amides is 1. The molecule has 0 aromatic heterocycles. The van der Waals surface area contributed by atoms with Crippen molar-refractivity contribution in [3.8, 4) is 0 Å². The Morgan fingerprint density at radius 1 is 1.24 bits per heavy atom. The van der Waals surface area contributed by atoms with Gasteiger partial charge in [0, 0.05) is 27.7 Å². The highest BCUT2D eigenvalue weighted by atomic mass is 28.3. The van der Waals surface area contributed by atoms with E-state index in [1.165, 1.54) is 4.90 Å². The fourth-order valence-electron chi connectivity index (χ4n) is 1.37. The summed E-state index contributed by atoms with van der Waals surface area (Å²) in [6.45, 7) is 9.39. The molecule has 0 aliphatic carbocycles. The van der Waals surface area contributed by atoms with Crippen molar-refractivity contribution in [3.05, 3.63) is 0 Å². The summed E-state index contributed by atoms with van der Waals surface area (Å²) < 4.78 is 0. The number of carbonyl (C=O) groups is 1. The number of nitrogens with zero attached hydrogens (tertiary/aromatic N) is 1. The minimum atomic E-state index is -1.18. The molecule has 0 bridgehead atoms. The monoisotopic (exact) mass is 262 g/mol. The van der Waals surface area contributed by atoms with Crippen LogP contribution >= 0.6 is 0 Å². The SMILES string of the molecule is C[Si](C)(C)CCN(CCCNCCO)C(=O)O. The van der Waals surface area contributed by atoms with Crippen LogP contribution in [0.2, 0.25) is 25.7 Å². The number of carboxylic acid groups (broad SMARTS) is 1. The van der Waals surface area contributed by atoms with Gasteiger partial charge in [-0.15, -0.1) is 0 Å². The first kappa shape index (κ1) is 16.4. The van der Waals surface area contributed by atoms with Gasteiger partial charge in [0.1, 0.15) is 0 Å². The van der Waals surface area contributed by atoms with Crippen molar-refractivity contribution in [2.45, 2.75) is 32.1 Å². The van der Waals surface area contributed by atoms with Gasteiger partial charge in [0.15, 0.2) is 0 Å². The van der Waals surface area contributed by atoms with Gasteiger partial charge in [-0.3, -0.25) is 0 Å². The summed E-state index contributed by atoms with van der Waals surface area (Å²) in [6.07, 6.45) is -0.0386. The highest BCUT2D eigenvalue weighted by Gasteiger charge is 2.17. The van der Waals surface area contributed by atoms with Crippen molar-refractivity contribution < 1.29 is 15.0 Å². The molecular weight excluding hydrogens is 236 g/mol. The van der Waals surface area contributed by atoms with Gasteiger partial charge in [0.05, 0.1) is 6.61 Å². The van der Waals surface area contributed by atoms with E-state index in [-0.39, 0.29) is 6.61 Å². The summed E-state index contributed by atoms with van der Waals surface area (Å²) in [6, 6.07) is 1.00. The van der Waals surface area contributed by atoms with Crippen molar-refractivity contribution >= 4 is 14.2 Å². The standard InChI is InChI=1S/C11H26N2O3Si/c1-17(2,3)10-8-13(11(15)16)7-4-5-12-6-9-14/h12,14H,4-10H2,1-3H3,(H,15,16). The molecule has 5 nitrogen and oxygen atoms in total. The second-order valence-corrected chi connectivity index (χ2v) is 11.0. The van der Waals surface area contributed by atoms with Gasteiger partial charge in [-0.25, -0.2) is 4.79 Å². The predicted molar refractivity (Wildman–Crippen MR) is 72.3 cm³/mol. The van der Waals surface area contributed by atoms with Gasteiger partial charge < -0.3 is 20.4 Å². The number of aliphatic hydroxyl groups excluding tert-OH is 1. The quantitative estimate of drug-likeness (QED) is 0.432. The minimum absolute atomic E-state index is 0.123. The molecule has 0 saturated heterocycles. The largest absolute Gasteiger partial charge is 0.465 e. The van der Waals surface area contributed by atoms with Crippen LogP contribution in [0.5, 0.6) is 0 Å². The predicted octanol–water partition coefficient (Wildman–Crippen LogP) is 1.28. The van der Waals surface area contributed by atoms with Crippen molar-refractivity contribution in [3.63, 3.8) is 0 Å². The summed E-state index contributed by atoms with van der Waals surface area (Å²) in [5.41, 5.74) is 0. The van der Waals surface area contributed by atoms with E-state index >= 15 is 0 Å². The van der Waals surface area contributed by atoms with Gasteiger partial charge in [0.2, 0.25) is 0 Å². The molecule has 0 saturated carbocycles. The second kappa shape index (κ2) is 8.49. The Balaban J connectivity index is 3.80. The number of hydrogen-bond donors (Lipinski definition) is 3. The van der Waals surface area contributed by atoms with E-state index < -0.39 is 14.2 Å². The first-order chi connectivity index (χ1) is 7.87. The zero-order valence-electron chi connectivity index (χ0n) is 11.2. The maximum absolute atomic E-state index is 11.0. The zero-order valence-corrected chi connectivity index (χ0v) is 12.2. The Bertz CT molecular complexity index is 219. The van der Waals surface area contributed by atoms with E-state index in [1.807, 2.05) is 0 Å². The molecule has 0 heterocycles. The smallest absolute Gasteiger partial charge is 0.407 e. The molecule has 17 heavy (non-hydrogen) atoms. The van der Waals surface area contributed by atoms with Crippen molar-refractivity contribution in [2.75, 3.05) is 32.8 Å². The summed E-state index contributed by atoms with van der Waals surface area (Å²) in [5, 5.41) is 20.7. The lowest BCUT2D eigenvalue weighted by Crippen LogP contribution is -2.36. The average molecular weight is 262 g/mol. The molecule has 0 spiro atoms. The molecule has 0 aliphatic rings. The highest BCUT2D eigenvalue weighted by Crippen LogP contribution is 2.09. The summed E-state index contributed by atoms with van der Waals surface area (Å²) in [7, 11) is -1.18. The minimum Gasteiger partial charge on any atom is -0.465 e. The lowest BCUT2D eigenvalue weighted by molar-refractivity contribution is 0.147. The molecule has 1 amide bonds. The number of hydrogen-bond acceptors (Lipinski definition) is 3. The van der Waals surface area contributed by atoms with Crippen LogP contribution in [0.4, 0.5) is 4.79 Å². The molecule has 0 aromatic carbocycles. The van der Waals surface area contributed by atoms with Crippen LogP contribution in [-0.4, -0.2) is 62.1 Å². The third-order valence-electron chi connectivity index (χ3n) is 2.47. The molecule has 0 fully saturated rings. The van der Waals surface area contributed by atoms with E-state index in [9.17, 15) is 4.79 Å². The number of rotatable bonds is 9.